The van der Waals surface area contributed by atoms with Gasteiger partial charge in [-0.25, -0.2) is 13.6 Å². The summed E-state index contributed by atoms with van der Waals surface area (Å²) in [5, 5.41) is 21.8. The second kappa shape index (κ2) is 11.4. The normalized spacial score (nSPS) is 13.4. The van der Waals surface area contributed by atoms with Gasteiger partial charge in [-0.05, 0) is 47.7 Å². The molecule has 3 amide bonds. The van der Waals surface area contributed by atoms with E-state index in [0.717, 1.165) is 11.6 Å². The van der Waals surface area contributed by atoms with Crippen LogP contribution in [-0.4, -0.2) is 53.5 Å². The average Bonchev–Trinajstić information content (AvgIpc) is 3.54. The summed E-state index contributed by atoms with van der Waals surface area (Å²) in [6, 6.07) is 5.21. The zero-order valence-electron chi connectivity index (χ0n) is 20.6. The number of benzene rings is 2. The molecule has 0 bridgehead atoms. The van der Waals surface area contributed by atoms with Crippen LogP contribution in [0.2, 0.25) is 0 Å². The number of ether oxygens (including phenoxy) is 1. The minimum Gasteiger partial charge on any atom is -0.484 e. The second-order valence-corrected chi connectivity index (χ2v) is 9.24. The van der Waals surface area contributed by atoms with E-state index in [0.29, 0.717) is 36.3 Å². The number of H-pyrrole nitrogens is 1. The van der Waals surface area contributed by atoms with Gasteiger partial charge in [-0.3, -0.25) is 14.8 Å². The smallest absolute Gasteiger partial charge is 0.322 e. The number of rotatable bonds is 9. The molecule has 1 aromatic heterocycles. The van der Waals surface area contributed by atoms with Gasteiger partial charge in [0.2, 0.25) is 0 Å². The molecule has 4 N–H and O–H groups in total. The largest absolute Gasteiger partial charge is 0.484 e. The van der Waals surface area contributed by atoms with Gasteiger partial charge >= 0.3 is 6.03 Å². The zero-order valence-corrected chi connectivity index (χ0v) is 20.6. The Labute approximate surface area is 212 Å². The van der Waals surface area contributed by atoms with E-state index in [1.807, 2.05) is 13.8 Å². The zero-order chi connectivity index (χ0) is 26.5. The molecule has 0 spiro atoms. The van der Waals surface area contributed by atoms with Crippen LogP contribution >= 0.6 is 0 Å². The number of aliphatic hydroxyl groups is 1. The van der Waals surface area contributed by atoms with Crippen LogP contribution in [-0.2, 0) is 11.2 Å². The molecule has 0 saturated heterocycles. The van der Waals surface area contributed by atoms with E-state index in [1.165, 1.54) is 29.3 Å². The number of aromatic nitrogens is 2. The van der Waals surface area contributed by atoms with Gasteiger partial charge < -0.3 is 20.5 Å². The molecule has 1 unspecified atom stereocenters. The van der Waals surface area contributed by atoms with Crippen molar-refractivity contribution in [3.05, 3.63) is 65.5 Å². The number of urea groups is 1. The van der Waals surface area contributed by atoms with Gasteiger partial charge in [0, 0.05) is 36.5 Å². The summed E-state index contributed by atoms with van der Waals surface area (Å²) < 4.78 is 34.5. The lowest BCUT2D eigenvalue weighted by Crippen LogP contribution is -2.42. The fraction of sp³-hybridized carbons (Fsp3) is 0.346. The van der Waals surface area contributed by atoms with Gasteiger partial charge in [-0.2, -0.15) is 5.10 Å². The van der Waals surface area contributed by atoms with E-state index in [4.69, 9.17) is 4.74 Å². The molecule has 2 heterocycles. The Balaban J connectivity index is 1.45. The van der Waals surface area contributed by atoms with E-state index in [1.54, 1.807) is 12.3 Å². The number of carbonyl (C=O) groups is 2. The second-order valence-electron chi connectivity index (χ2n) is 9.24. The van der Waals surface area contributed by atoms with E-state index in [-0.39, 0.29) is 29.7 Å². The Morgan fingerprint density at radius 3 is 2.73 bits per heavy atom. The molecule has 1 atom stereocenters. The lowest BCUT2D eigenvalue weighted by molar-refractivity contribution is -0.123. The third-order valence-electron chi connectivity index (χ3n) is 5.97. The van der Waals surface area contributed by atoms with E-state index in [9.17, 15) is 23.5 Å². The summed E-state index contributed by atoms with van der Waals surface area (Å²) in [6.45, 7) is 3.90. The minimum atomic E-state index is -0.959. The highest BCUT2D eigenvalue weighted by atomic mass is 19.1. The first kappa shape index (κ1) is 26.1. The molecular formula is C26H29F2N5O4. The average molecular weight is 514 g/mol. The number of nitrogens with one attached hydrogen (secondary N) is 3. The van der Waals surface area contributed by atoms with Gasteiger partial charge in [0.1, 0.15) is 17.4 Å². The Bertz CT molecular complexity index is 1270. The quantitative estimate of drug-likeness (QED) is 0.350. The minimum absolute atomic E-state index is 0.0859. The molecule has 9 nitrogen and oxygen atoms in total. The Morgan fingerprint density at radius 2 is 2.03 bits per heavy atom. The molecule has 4 rings (SSSR count). The van der Waals surface area contributed by atoms with Crippen LogP contribution in [0.4, 0.5) is 19.3 Å². The molecule has 196 valence electrons. The van der Waals surface area contributed by atoms with Crippen LogP contribution in [0.3, 0.4) is 0 Å². The number of halogens is 2. The van der Waals surface area contributed by atoms with Crippen LogP contribution in [0.15, 0.2) is 42.7 Å². The van der Waals surface area contributed by atoms with E-state index in [2.05, 4.69) is 20.8 Å². The van der Waals surface area contributed by atoms with Crippen LogP contribution < -0.4 is 20.3 Å². The number of nitrogens with zero attached hydrogens (tertiary/aromatic N) is 2. The number of fused-ring (bicyclic) bond motifs is 1. The van der Waals surface area contributed by atoms with Crippen LogP contribution in [0.1, 0.15) is 31.0 Å². The maximum Gasteiger partial charge on any atom is 0.322 e. The molecule has 0 fully saturated rings. The van der Waals surface area contributed by atoms with Crippen molar-refractivity contribution < 1.29 is 28.2 Å². The lowest BCUT2D eigenvalue weighted by Gasteiger charge is -2.23. The van der Waals surface area contributed by atoms with Crippen LogP contribution in [0.5, 0.6) is 5.75 Å². The number of hydrogen-bond acceptors (Lipinski definition) is 5. The molecule has 11 heteroatoms. The molecule has 0 saturated carbocycles. The standard InChI is InChI=1S/C26H29F2N5O4/c1-15(2)10-29-25(35)14-37-20-6-17(5-19(27)8-20)23(13-34)32-26(36)33-4-3-16-7-21(18-11-30-31-12-18)22(28)9-24(16)33/h5-9,11-12,15,23,34H,3-4,10,13-14H2,1-2H3,(H,29,35)(H,30,31)(H,32,36). The Morgan fingerprint density at radius 1 is 1.22 bits per heavy atom. The van der Waals surface area contributed by atoms with Crippen molar-refractivity contribution >= 4 is 17.6 Å². The fourth-order valence-electron chi connectivity index (χ4n) is 4.09. The highest BCUT2D eigenvalue weighted by Gasteiger charge is 2.28. The molecule has 1 aliphatic heterocycles. The fourth-order valence-corrected chi connectivity index (χ4v) is 4.09. The molecule has 3 aromatic rings. The number of aromatic amines is 1. The van der Waals surface area contributed by atoms with Crippen molar-refractivity contribution in [3.8, 4) is 16.9 Å². The molecule has 1 aliphatic rings. The van der Waals surface area contributed by atoms with Gasteiger partial charge in [-0.1, -0.05) is 13.8 Å². The summed E-state index contributed by atoms with van der Waals surface area (Å²) in [6.07, 6.45) is 3.63. The van der Waals surface area contributed by atoms with Crippen molar-refractivity contribution in [1.29, 1.82) is 0 Å². The highest BCUT2D eigenvalue weighted by Crippen LogP contribution is 2.34. The SMILES string of the molecule is CC(C)CNC(=O)COc1cc(F)cc(C(CO)NC(=O)N2CCc3cc(-c4cn[nH]c4)c(F)cc32)c1. The van der Waals surface area contributed by atoms with E-state index >= 15 is 0 Å². The van der Waals surface area contributed by atoms with Crippen molar-refractivity contribution in [2.24, 2.45) is 5.92 Å². The molecule has 0 aliphatic carbocycles. The number of aliphatic hydroxyl groups excluding tert-OH is 1. The molecular weight excluding hydrogens is 484 g/mol. The summed E-state index contributed by atoms with van der Waals surface area (Å²) in [7, 11) is 0. The monoisotopic (exact) mass is 513 g/mol. The third kappa shape index (κ3) is 6.23. The first-order valence-electron chi connectivity index (χ1n) is 12.0. The van der Waals surface area contributed by atoms with Crippen molar-refractivity contribution in [3.63, 3.8) is 0 Å². The summed E-state index contributed by atoms with van der Waals surface area (Å²) in [5.74, 6) is -1.13. The van der Waals surface area contributed by atoms with Crippen LogP contribution in [0, 0.1) is 17.6 Å². The van der Waals surface area contributed by atoms with E-state index < -0.39 is 30.3 Å². The summed E-state index contributed by atoms with van der Waals surface area (Å²) in [4.78, 5) is 26.4. The van der Waals surface area contributed by atoms with Gasteiger partial charge in [0.25, 0.3) is 5.91 Å². The van der Waals surface area contributed by atoms with Gasteiger partial charge in [0.15, 0.2) is 6.61 Å². The predicted octanol–water partition coefficient (Wildman–Crippen LogP) is 3.31. The maximum atomic E-state index is 14.8. The first-order valence-corrected chi connectivity index (χ1v) is 12.0. The molecule has 0 radical (unpaired) electrons. The highest BCUT2D eigenvalue weighted by molar-refractivity contribution is 5.95. The predicted molar refractivity (Wildman–Crippen MR) is 133 cm³/mol. The first-order chi connectivity index (χ1) is 17.7. The Hall–Kier alpha value is -3.99. The summed E-state index contributed by atoms with van der Waals surface area (Å²) >= 11 is 0. The van der Waals surface area contributed by atoms with Gasteiger partial charge in [-0.15, -0.1) is 0 Å². The third-order valence-corrected chi connectivity index (χ3v) is 5.97. The van der Waals surface area contributed by atoms with Crippen molar-refractivity contribution in [2.45, 2.75) is 26.3 Å². The number of anilines is 1. The number of hydrogen-bond donors (Lipinski definition) is 4. The topological polar surface area (TPSA) is 120 Å². The van der Waals surface area contributed by atoms with Crippen molar-refractivity contribution in [1.82, 2.24) is 20.8 Å². The number of amides is 3. The maximum absolute atomic E-state index is 14.8. The van der Waals surface area contributed by atoms with Gasteiger partial charge in [0.05, 0.1) is 24.5 Å². The van der Waals surface area contributed by atoms with Crippen LogP contribution in [0.25, 0.3) is 11.1 Å². The van der Waals surface area contributed by atoms with Crippen molar-refractivity contribution in [2.75, 3.05) is 31.2 Å². The lowest BCUT2D eigenvalue weighted by atomic mass is 10.0. The number of carbonyl (C=O) groups excluding carboxylic acids is 2. The Kier molecular flexibility index (Phi) is 8.02. The summed E-state index contributed by atoms with van der Waals surface area (Å²) in [5.41, 5.74) is 2.47. The molecule has 2 aromatic carbocycles. The molecule has 37 heavy (non-hydrogen) atoms.